The van der Waals surface area contributed by atoms with Crippen LogP contribution in [0.15, 0.2) is 41.5 Å². The van der Waals surface area contributed by atoms with E-state index in [-0.39, 0.29) is 0 Å². The molecule has 12 heavy (non-hydrogen) atoms. The van der Waals surface area contributed by atoms with Crippen LogP contribution in [0.3, 0.4) is 0 Å². The summed E-state index contributed by atoms with van der Waals surface area (Å²) in [5.41, 5.74) is 2.16. The summed E-state index contributed by atoms with van der Waals surface area (Å²) in [7, 11) is 2.02. The highest BCUT2D eigenvalue weighted by atomic mass is 15.1. The first kappa shape index (κ1) is 7.10. The average molecular weight is 158 g/mol. The highest BCUT2D eigenvalue weighted by Crippen LogP contribution is 2.28. The van der Waals surface area contributed by atoms with Gasteiger partial charge in [0.2, 0.25) is 0 Å². The van der Waals surface area contributed by atoms with Gasteiger partial charge >= 0.3 is 0 Å². The van der Waals surface area contributed by atoms with Gasteiger partial charge in [-0.05, 0) is 18.2 Å². The SMILES string of the molecule is CN1C=CC=Nc2ccccc21. The number of allylic oxidation sites excluding steroid dienone is 1. The molecule has 0 unspecified atom stereocenters. The second-order valence-corrected chi connectivity index (χ2v) is 2.72. The van der Waals surface area contributed by atoms with Crippen LogP contribution >= 0.6 is 0 Å². The third-order valence-electron chi connectivity index (χ3n) is 1.87. The normalized spacial score (nSPS) is 14.2. The molecule has 60 valence electrons. The van der Waals surface area contributed by atoms with Crippen LogP contribution in [-0.4, -0.2) is 13.3 Å². The Bertz CT molecular complexity index is 339. The Morgan fingerprint density at radius 3 is 3.00 bits per heavy atom. The lowest BCUT2D eigenvalue weighted by Crippen LogP contribution is -2.06. The second kappa shape index (κ2) is 2.81. The fraction of sp³-hybridized carbons (Fsp3) is 0.100. The van der Waals surface area contributed by atoms with Gasteiger partial charge in [0.15, 0.2) is 0 Å². The molecule has 2 rings (SSSR count). The predicted octanol–water partition coefficient (Wildman–Crippen LogP) is 2.35. The summed E-state index contributed by atoms with van der Waals surface area (Å²) in [6.45, 7) is 0. The van der Waals surface area contributed by atoms with Crippen LogP contribution in [-0.2, 0) is 0 Å². The molecule has 0 radical (unpaired) electrons. The zero-order valence-corrected chi connectivity index (χ0v) is 6.94. The minimum absolute atomic E-state index is 1.02. The number of fused-ring (bicyclic) bond motifs is 1. The van der Waals surface area contributed by atoms with Crippen molar-refractivity contribution in [3.63, 3.8) is 0 Å². The molecule has 2 nitrogen and oxygen atoms in total. The maximum atomic E-state index is 4.28. The Hall–Kier alpha value is -1.57. The molecule has 0 aromatic heterocycles. The van der Waals surface area contributed by atoms with Crippen molar-refractivity contribution >= 4 is 17.6 Å². The number of para-hydroxylation sites is 2. The Morgan fingerprint density at radius 1 is 1.25 bits per heavy atom. The van der Waals surface area contributed by atoms with Gasteiger partial charge in [-0.25, -0.2) is 0 Å². The van der Waals surface area contributed by atoms with Gasteiger partial charge in [0, 0.05) is 19.5 Å². The lowest BCUT2D eigenvalue weighted by Gasteiger charge is -2.14. The van der Waals surface area contributed by atoms with Crippen molar-refractivity contribution in [2.75, 3.05) is 11.9 Å². The van der Waals surface area contributed by atoms with Crippen molar-refractivity contribution in [1.29, 1.82) is 0 Å². The first-order valence-electron chi connectivity index (χ1n) is 3.90. The zero-order valence-electron chi connectivity index (χ0n) is 6.94. The van der Waals surface area contributed by atoms with E-state index in [0.29, 0.717) is 0 Å². The van der Waals surface area contributed by atoms with E-state index in [0.717, 1.165) is 11.4 Å². The van der Waals surface area contributed by atoms with Crippen LogP contribution in [0.5, 0.6) is 0 Å². The van der Waals surface area contributed by atoms with Gasteiger partial charge in [0.1, 0.15) is 0 Å². The molecular formula is C10H10N2. The average Bonchev–Trinajstić information content (AvgIpc) is 2.29. The number of anilines is 1. The summed E-state index contributed by atoms with van der Waals surface area (Å²) in [5.74, 6) is 0. The first-order valence-corrected chi connectivity index (χ1v) is 3.90. The van der Waals surface area contributed by atoms with Crippen LogP contribution in [0, 0.1) is 0 Å². The molecule has 1 aliphatic heterocycles. The molecule has 1 aromatic carbocycles. The molecule has 0 fully saturated rings. The number of hydrogen-bond acceptors (Lipinski definition) is 2. The molecule has 0 saturated heterocycles. The number of rotatable bonds is 0. The van der Waals surface area contributed by atoms with Gasteiger partial charge in [0.25, 0.3) is 0 Å². The Balaban J connectivity index is 2.56. The highest BCUT2D eigenvalue weighted by molar-refractivity contribution is 5.82. The lowest BCUT2D eigenvalue weighted by molar-refractivity contribution is 1.21. The van der Waals surface area contributed by atoms with E-state index in [9.17, 15) is 0 Å². The number of aliphatic imine (C=N–C) groups is 1. The molecular weight excluding hydrogens is 148 g/mol. The van der Waals surface area contributed by atoms with Crippen LogP contribution in [0.1, 0.15) is 0 Å². The van der Waals surface area contributed by atoms with Crippen molar-refractivity contribution in [1.82, 2.24) is 0 Å². The molecule has 0 bridgehead atoms. The molecule has 1 aliphatic rings. The van der Waals surface area contributed by atoms with Gasteiger partial charge in [-0.1, -0.05) is 12.1 Å². The van der Waals surface area contributed by atoms with Crippen LogP contribution in [0.4, 0.5) is 11.4 Å². The smallest absolute Gasteiger partial charge is 0.0866 e. The van der Waals surface area contributed by atoms with Crippen molar-refractivity contribution in [3.05, 3.63) is 36.5 Å². The number of hydrogen-bond donors (Lipinski definition) is 0. The topological polar surface area (TPSA) is 15.6 Å². The van der Waals surface area contributed by atoms with Crippen molar-refractivity contribution in [2.45, 2.75) is 0 Å². The third-order valence-corrected chi connectivity index (χ3v) is 1.87. The van der Waals surface area contributed by atoms with Crippen molar-refractivity contribution in [3.8, 4) is 0 Å². The van der Waals surface area contributed by atoms with Crippen LogP contribution < -0.4 is 4.90 Å². The van der Waals surface area contributed by atoms with Gasteiger partial charge in [-0.3, -0.25) is 4.99 Å². The molecule has 1 heterocycles. The molecule has 0 N–H and O–H groups in total. The van der Waals surface area contributed by atoms with E-state index in [1.807, 2.05) is 43.7 Å². The van der Waals surface area contributed by atoms with Gasteiger partial charge in [-0.15, -0.1) is 0 Å². The highest BCUT2D eigenvalue weighted by Gasteiger charge is 2.03. The lowest BCUT2D eigenvalue weighted by atomic mass is 10.2. The monoisotopic (exact) mass is 158 g/mol. The molecule has 0 atom stereocenters. The summed E-state index contributed by atoms with van der Waals surface area (Å²) in [4.78, 5) is 6.34. The predicted molar refractivity (Wildman–Crippen MR) is 52.1 cm³/mol. The fourth-order valence-electron chi connectivity index (χ4n) is 1.24. The quantitative estimate of drug-likeness (QED) is 0.566. The van der Waals surface area contributed by atoms with Gasteiger partial charge in [0.05, 0.1) is 11.4 Å². The standard InChI is InChI=1S/C10H10N2/c1-12-8-4-7-11-9-5-2-3-6-10(9)12/h2-8H,1H3. The molecule has 0 saturated carbocycles. The Morgan fingerprint density at radius 2 is 2.08 bits per heavy atom. The summed E-state index contributed by atoms with van der Waals surface area (Å²) in [6.07, 6.45) is 5.73. The third kappa shape index (κ3) is 1.11. The van der Waals surface area contributed by atoms with E-state index >= 15 is 0 Å². The summed E-state index contributed by atoms with van der Waals surface area (Å²) in [5, 5.41) is 0. The van der Waals surface area contributed by atoms with Crippen molar-refractivity contribution in [2.24, 2.45) is 4.99 Å². The number of benzene rings is 1. The van der Waals surface area contributed by atoms with E-state index in [2.05, 4.69) is 16.0 Å². The first-order chi connectivity index (χ1) is 5.88. The summed E-state index contributed by atoms with van der Waals surface area (Å²) < 4.78 is 0. The summed E-state index contributed by atoms with van der Waals surface area (Å²) in [6, 6.07) is 8.08. The van der Waals surface area contributed by atoms with Crippen LogP contribution in [0.25, 0.3) is 0 Å². The van der Waals surface area contributed by atoms with Crippen LogP contribution in [0.2, 0.25) is 0 Å². The Kier molecular flexibility index (Phi) is 1.67. The minimum atomic E-state index is 1.02. The zero-order chi connectivity index (χ0) is 8.39. The molecule has 0 spiro atoms. The maximum Gasteiger partial charge on any atom is 0.0866 e. The molecule has 0 aliphatic carbocycles. The largest absolute Gasteiger partial charge is 0.349 e. The van der Waals surface area contributed by atoms with Gasteiger partial charge in [-0.2, -0.15) is 0 Å². The van der Waals surface area contributed by atoms with E-state index in [1.165, 1.54) is 0 Å². The molecule has 1 aromatic rings. The van der Waals surface area contributed by atoms with E-state index in [4.69, 9.17) is 0 Å². The summed E-state index contributed by atoms with van der Waals surface area (Å²) >= 11 is 0. The van der Waals surface area contributed by atoms with E-state index < -0.39 is 0 Å². The number of nitrogens with zero attached hydrogens (tertiary/aromatic N) is 2. The minimum Gasteiger partial charge on any atom is -0.349 e. The van der Waals surface area contributed by atoms with Crippen molar-refractivity contribution < 1.29 is 0 Å². The molecule has 2 heteroatoms. The Labute approximate surface area is 71.9 Å². The fourth-order valence-corrected chi connectivity index (χ4v) is 1.24. The second-order valence-electron chi connectivity index (χ2n) is 2.72. The maximum absolute atomic E-state index is 4.28. The van der Waals surface area contributed by atoms with Gasteiger partial charge < -0.3 is 4.90 Å². The molecule has 0 amide bonds. The van der Waals surface area contributed by atoms with E-state index in [1.54, 1.807) is 0 Å².